The van der Waals surface area contributed by atoms with Crippen molar-refractivity contribution in [2.24, 2.45) is 0 Å². The molecule has 0 radical (unpaired) electrons. The molecule has 6 nitrogen and oxygen atoms in total. The number of aromatic nitrogens is 3. The van der Waals surface area contributed by atoms with Crippen LogP contribution in [-0.2, 0) is 4.79 Å². The van der Waals surface area contributed by atoms with Crippen LogP contribution in [0.2, 0.25) is 0 Å². The lowest BCUT2D eigenvalue weighted by Gasteiger charge is -2.18. The van der Waals surface area contributed by atoms with E-state index < -0.39 is 0 Å². The Morgan fingerprint density at radius 2 is 2.15 bits per heavy atom. The third-order valence-corrected chi connectivity index (χ3v) is 2.97. The Hall–Kier alpha value is -2.37. The molecule has 0 bridgehead atoms. The molecule has 1 unspecified atom stereocenters. The number of hydrogen-bond acceptors (Lipinski definition) is 4. The molecule has 0 aliphatic carbocycles. The number of nitrogens with zero attached hydrogens (tertiary/aromatic N) is 3. The van der Waals surface area contributed by atoms with E-state index in [1.165, 1.54) is 0 Å². The standard InChI is InChI=1S/C14H19N5O/c1-9(2)18-14(20)10(3)19-8-16-7-12(19)11-4-5-17-13(15)6-11/h4-10H,1-3H3,(H2,15,17)(H,18,20). The number of carbonyl (C=O) groups excluding carboxylic acids is 1. The van der Waals surface area contributed by atoms with Crippen LogP contribution >= 0.6 is 0 Å². The van der Waals surface area contributed by atoms with E-state index in [4.69, 9.17) is 5.73 Å². The molecule has 2 aromatic heterocycles. The van der Waals surface area contributed by atoms with Crippen molar-refractivity contribution >= 4 is 11.7 Å². The molecule has 0 aliphatic rings. The van der Waals surface area contributed by atoms with Gasteiger partial charge in [0.15, 0.2) is 0 Å². The number of nitrogens with one attached hydrogen (secondary N) is 1. The molecule has 6 heteroatoms. The Balaban J connectivity index is 2.31. The minimum atomic E-state index is -0.343. The molecule has 1 amide bonds. The average Bonchev–Trinajstić information content (AvgIpc) is 2.86. The summed E-state index contributed by atoms with van der Waals surface area (Å²) in [5.74, 6) is 0.399. The van der Waals surface area contributed by atoms with Gasteiger partial charge in [0.25, 0.3) is 0 Å². The zero-order valence-electron chi connectivity index (χ0n) is 11.9. The summed E-state index contributed by atoms with van der Waals surface area (Å²) in [5.41, 5.74) is 7.42. The highest BCUT2D eigenvalue weighted by Crippen LogP contribution is 2.23. The number of amides is 1. The first-order valence-electron chi connectivity index (χ1n) is 6.53. The lowest BCUT2D eigenvalue weighted by Crippen LogP contribution is -2.35. The van der Waals surface area contributed by atoms with E-state index in [0.29, 0.717) is 5.82 Å². The van der Waals surface area contributed by atoms with Crippen LogP contribution in [0.25, 0.3) is 11.3 Å². The molecule has 0 aromatic carbocycles. The van der Waals surface area contributed by atoms with Crippen LogP contribution in [0.15, 0.2) is 30.9 Å². The summed E-state index contributed by atoms with van der Waals surface area (Å²) in [4.78, 5) is 20.2. The number of pyridine rings is 1. The Morgan fingerprint density at radius 1 is 1.40 bits per heavy atom. The maximum atomic E-state index is 12.1. The normalized spacial score (nSPS) is 12.4. The van der Waals surface area contributed by atoms with Crippen molar-refractivity contribution in [2.75, 3.05) is 5.73 Å². The van der Waals surface area contributed by atoms with Crippen LogP contribution in [0.1, 0.15) is 26.8 Å². The second kappa shape index (κ2) is 5.73. The molecular weight excluding hydrogens is 254 g/mol. The minimum Gasteiger partial charge on any atom is -0.384 e. The van der Waals surface area contributed by atoms with E-state index in [1.54, 1.807) is 24.8 Å². The van der Waals surface area contributed by atoms with Gasteiger partial charge in [-0.25, -0.2) is 9.97 Å². The maximum Gasteiger partial charge on any atom is 0.243 e. The fourth-order valence-corrected chi connectivity index (χ4v) is 1.98. The van der Waals surface area contributed by atoms with E-state index in [0.717, 1.165) is 11.3 Å². The predicted octanol–water partition coefficient (Wildman–Crippen LogP) is 1.61. The van der Waals surface area contributed by atoms with Crippen molar-refractivity contribution < 1.29 is 4.79 Å². The van der Waals surface area contributed by atoms with Gasteiger partial charge in [-0.15, -0.1) is 0 Å². The number of nitrogen functional groups attached to an aromatic ring is 1. The van der Waals surface area contributed by atoms with Gasteiger partial charge in [0.05, 0.1) is 18.2 Å². The van der Waals surface area contributed by atoms with Crippen molar-refractivity contribution in [3.63, 3.8) is 0 Å². The molecule has 0 saturated heterocycles. The highest BCUT2D eigenvalue weighted by atomic mass is 16.2. The lowest BCUT2D eigenvalue weighted by atomic mass is 10.2. The second-order valence-electron chi connectivity index (χ2n) is 4.99. The molecule has 2 rings (SSSR count). The van der Waals surface area contributed by atoms with Crippen LogP contribution in [0.4, 0.5) is 5.82 Å². The van der Waals surface area contributed by atoms with Crippen LogP contribution in [-0.4, -0.2) is 26.5 Å². The van der Waals surface area contributed by atoms with Crippen LogP contribution in [0.5, 0.6) is 0 Å². The SMILES string of the molecule is CC(C)NC(=O)C(C)n1cncc1-c1ccnc(N)c1. The quantitative estimate of drug-likeness (QED) is 0.886. The Kier molecular flexibility index (Phi) is 4.02. The highest BCUT2D eigenvalue weighted by Gasteiger charge is 2.18. The van der Waals surface area contributed by atoms with E-state index in [9.17, 15) is 4.79 Å². The third-order valence-electron chi connectivity index (χ3n) is 2.97. The topological polar surface area (TPSA) is 85.8 Å². The van der Waals surface area contributed by atoms with E-state index in [2.05, 4.69) is 15.3 Å². The number of hydrogen-bond donors (Lipinski definition) is 2. The van der Waals surface area contributed by atoms with Crippen LogP contribution in [0.3, 0.4) is 0 Å². The smallest absolute Gasteiger partial charge is 0.243 e. The average molecular weight is 273 g/mol. The Morgan fingerprint density at radius 3 is 2.80 bits per heavy atom. The Bertz CT molecular complexity index is 605. The van der Waals surface area contributed by atoms with Crippen LogP contribution < -0.4 is 11.1 Å². The fourth-order valence-electron chi connectivity index (χ4n) is 1.98. The number of carbonyl (C=O) groups is 1. The number of anilines is 1. The van der Waals surface area contributed by atoms with Gasteiger partial charge in [-0.2, -0.15) is 0 Å². The van der Waals surface area contributed by atoms with Crippen molar-refractivity contribution in [1.82, 2.24) is 19.9 Å². The number of rotatable bonds is 4. The predicted molar refractivity (Wildman–Crippen MR) is 77.9 cm³/mol. The van der Waals surface area contributed by atoms with Gasteiger partial charge in [0, 0.05) is 17.8 Å². The van der Waals surface area contributed by atoms with Crippen molar-refractivity contribution in [1.29, 1.82) is 0 Å². The molecule has 0 spiro atoms. The van der Waals surface area contributed by atoms with Crippen molar-refractivity contribution in [2.45, 2.75) is 32.9 Å². The highest BCUT2D eigenvalue weighted by molar-refractivity contribution is 5.81. The molecule has 2 aromatic rings. The summed E-state index contributed by atoms with van der Waals surface area (Å²) in [6, 6.07) is 3.37. The van der Waals surface area contributed by atoms with Crippen molar-refractivity contribution in [3.05, 3.63) is 30.9 Å². The molecule has 1 atom stereocenters. The maximum absolute atomic E-state index is 12.1. The summed E-state index contributed by atoms with van der Waals surface area (Å²) >= 11 is 0. The van der Waals surface area contributed by atoms with Gasteiger partial charge in [-0.1, -0.05) is 0 Å². The monoisotopic (exact) mass is 273 g/mol. The molecule has 106 valence electrons. The molecule has 0 saturated carbocycles. The first kappa shape index (κ1) is 14.0. The summed E-state index contributed by atoms with van der Waals surface area (Å²) in [7, 11) is 0. The molecular formula is C14H19N5O. The summed E-state index contributed by atoms with van der Waals surface area (Å²) < 4.78 is 1.83. The van der Waals surface area contributed by atoms with Crippen LogP contribution in [0, 0.1) is 0 Å². The van der Waals surface area contributed by atoms with E-state index >= 15 is 0 Å². The largest absolute Gasteiger partial charge is 0.384 e. The second-order valence-corrected chi connectivity index (χ2v) is 4.99. The molecule has 0 aliphatic heterocycles. The van der Waals surface area contributed by atoms with Gasteiger partial charge < -0.3 is 15.6 Å². The van der Waals surface area contributed by atoms with Gasteiger partial charge in [0.1, 0.15) is 11.9 Å². The Labute approximate surface area is 118 Å². The summed E-state index contributed by atoms with van der Waals surface area (Å²) in [6.45, 7) is 5.71. The lowest BCUT2D eigenvalue weighted by molar-refractivity contribution is -0.124. The molecule has 2 heterocycles. The van der Waals surface area contributed by atoms with Gasteiger partial charge in [-0.3, -0.25) is 4.79 Å². The molecule has 3 N–H and O–H groups in total. The molecule has 20 heavy (non-hydrogen) atoms. The molecule has 0 fully saturated rings. The van der Waals surface area contributed by atoms with Gasteiger partial charge in [0.2, 0.25) is 5.91 Å². The number of imidazole rings is 1. The zero-order chi connectivity index (χ0) is 14.7. The minimum absolute atomic E-state index is 0.0405. The zero-order valence-corrected chi connectivity index (χ0v) is 11.9. The third kappa shape index (κ3) is 2.96. The van der Waals surface area contributed by atoms with E-state index in [1.807, 2.05) is 31.4 Å². The van der Waals surface area contributed by atoms with Gasteiger partial charge >= 0.3 is 0 Å². The van der Waals surface area contributed by atoms with Gasteiger partial charge in [-0.05, 0) is 32.9 Å². The first-order valence-corrected chi connectivity index (χ1v) is 6.53. The first-order chi connectivity index (χ1) is 9.49. The van der Waals surface area contributed by atoms with Crippen molar-refractivity contribution in [3.8, 4) is 11.3 Å². The van der Waals surface area contributed by atoms with E-state index in [-0.39, 0.29) is 18.0 Å². The summed E-state index contributed by atoms with van der Waals surface area (Å²) in [5, 5.41) is 2.90. The fraction of sp³-hybridized carbons (Fsp3) is 0.357. The summed E-state index contributed by atoms with van der Waals surface area (Å²) in [6.07, 6.45) is 5.01. The number of nitrogens with two attached hydrogens (primary N) is 1.